The van der Waals surface area contributed by atoms with Gasteiger partial charge in [0.2, 0.25) is 5.91 Å². The van der Waals surface area contributed by atoms with Gasteiger partial charge in [0.1, 0.15) is 11.5 Å². The first-order valence-corrected chi connectivity index (χ1v) is 10.0. The summed E-state index contributed by atoms with van der Waals surface area (Å²) in [5, 5.41) is 0.638. The minimum absolute atomic E-state index is 0.0598. The number of ketones is 1. The third-order valence-electron chi connectivity index (χ3n) is 6.16. The summed E-state index contributed by atoms with van der Waals surface area (Å²) >= 11 is 6.19. The number of benzene rings is 2. The number of carbonyl (C=O) groups excluding carboxylic acids is 2. The molecule has 0 N–H and O–H groups in total. The maximum atomic E-state index is 13.8. The van der Waals surface area contributed by atoms with E-state index >= 15 is 0 Å². The molecule has 1 aliphatic carbocycles. The molecule has 1 atom stereocenters. The molecule has 140 valence electrons. The minimum atomic E-state index is -0.736. The molecule has 2 aromatic carbocycles. The molecule has 27 heavy (non-hydrogen) atoms. The highest BCUT2D eigenvalue weighted by atomic mass is 35.5. The third kappa shape index (κ3) is 2.80. The highest BCUT2D eigenvalue weighted by molar-refractivity contribution is 6.31. The molecular weight excluding hydrogens is 358 g/mol. The summed E-state index contributed by atoms with van der Waals surface area (Å²) in [6.07, 6.45) is 4.57. The largest absolute Gasteiger partial charge is 0.298 e. The maximum absolute atomic E-state index is 13.8. The Morgan fingerprint density at radius 3 is 2.15 bits per heavy atom. The van der Waals surface area contributed by atoms with Crippen molar-refractivity contribution < 1.29 is 9.59 Å². The smallest absolute Gasteiger partial charge is 0.243 e. The van der Waals surface area contributed by atoms with Gasteiger partial charge in [-0.25, -0.2) is 0 Å². The van der Waals surface area contributed by atoms with Crippen molar-refractivity contribution in [1.82, 2.24) is 0 Å². The summed E-state index contributed by atoms with van der Waals surface area (Å²) in [6.45, 7) is 3.88. The first kappa shape index (κ1) is 18.2. The molecule has 1 unspecified atom stereocenters. The number of halogens is 1. The zero-order valence-electron chi connectivity index (χ0n) is 15.8. The van der Waals surface area contributed by atoms with Gasteiger partial charge in [0, 0.05) is 10.7 Å². The van der Waals surface area contributed by atoms with Crippen LogP contribution in [-0.2, 0) is 9.59 Å². The first-order valence-electron chi connectivity index (χ1n) is 9.66. The standard InChI is InChI=1S/C23H24ClNO2/c1-15-13-17(24)14-16(2)19(15)20-21(26)23(11-7-4-8-12-23)25(22(20)27)18-9-5-3-6-10-18/h3,5-6,9-10,13-14,20H,4,7-8,11-12H2,1-2H3. The van der Waals surface area contributed by atoms with Crippen molar-refractivity contribution in [3.63, 3.8) is 0 Å². The summed E-state index contributed by atoms with van der Waals surface area (Å²) in [5.41, 5.74) is 2.77. The van der Waals surface area contributed by atoms with E-state index in [-0.39, 0.29) is 11.7 Å². The van der Waals surface area contributed by atoms with Gasteiger partial charge < -0.3 is 0 Å². The fourth-order valence-corrected chi connectivity index (χ4v) is 5.35. The highest BCUT2D eigenvalue weighted by Gasteiger charge is 2.59. The topological polar surface area (TPSA) is 37.4 Å². The van der Waals surface area contributed by atoms with Crippen LogP contribution in [0.15, 0.2) is 42.5 Å². The fourth-order valence-electron chi connectivity index (χ4n) is 5.02. The van der Waals surface area contributed by atoms with Crippen LogP contribution in [0, 0.1) is 13.8 Å². The van der Waals surface area contributed by atoms with Crippen LogP contribution in [-0.4, -0.2) is 17.2 Å². The van der Waals surface area contributed by atoms with Crippen LogP contribution in [0.2, 0.25) is 5.02 Å². The summed E-state index contributed by atoms with van der Waals surface area (Å²) in [7, 11) is 0. The number of Topliss-reactive ketones (excluding diaryl/α,β-unsaturated/α-hetero) is 1. The molecule has 3 nitrogen and oxygen atoms in total. The Morgan fingerprint density at radius 1 is 0.963 bits per heavy atom. The Morgan fingerprint density at radius 2 is 1.56 bits per heavy atom. The zero-order valence-corrected chi connectivity index (χ0v) is 16.6. The number of hydrogen-bond donors (Lipinski definition) is 0. The van der Waals surface area contributed by atoms with Crippen LogP contribution < -0.4 is 4.90 Å². The second-order valence-corrected chi connectivity index (χ2v) is 8.29. The van der Waals surface area contributed by atoms with E-state index in [1.807, 2.05) is 61.2 Å². The molecule has 1 spiro atoms. The molecule has 4 heteroatoms. The number of aryl methyl sites for hydroxylation is 2. The zero-order chi connectivity index (χ0) is 19.2. The molecule has 0 radical (unpaired) electrons. The van der Waals surface area contributed by atoms with E-state index in [0.29, 0.717) is 5.02 Å². The lowest BCUT2D eigenvalue weighted by molar-refractivity contribution is -0.125. The highest BCUT2D eigenvalue weighted by Crippen LogP contribution is 2.48. The van der Waals surface area contributed by atoms with Crippen LogP contribution in [0.4, 0.5) is 5.69 Å². The number of nitrogens with zero attached hydrogens (tertiary/aromatic N) is 1. The van der Waals surface area contributed by atoms with Crippen molar-refractivity contribution in [3.8, 4) is 0 Å². The fraction of sp³-hybridized carbons (Fsp3) is 0.391. The van der Waals surface area contributed by atoms with E-state index in [4.69, 9.17) is 11.6 Å². The van der Waals surface area contributed by atoms with Crippen molar-refractivity contribution in [3.05, 3.63) is 64.2 Å². The van der Waals surface area contributed by atoms with Gasteiger partial charge in [-0.1, -0.05) is 49.1 Å². The molecule has 1 amide bonds. The second-order valence-electron chi connectivity index (χ2n) is 7.85. The molecule has 1 aliphatic heterocycles. The van der Waals surface area contributed by atoms with Crippen LogP contribution in [0.5, 0.6) is 0 Å². The van der Waals surface area contributed by atoms with Gasteiger partial charge in [0.25, 0.3) is 0 Å². The maximum Gasteiger partial charge on any atom is 0.243 e. The summed E-state index contributed by atoms with van der Waals surface area (Å²) in [4.78, 5) is 29.2. The molecule has 2 fully saturated rings. The Balaban J connectivity index is 1.89. The number of carbonyl (C=O) groups is 2. The lowest BCUT2D eigenvalue weighted by Crippen LogP contribution is -2.51. The summed E-state index contributed by atoms with van der Waals surface area (Å²) in [6, 6.07) is 13.4. The van der Waals surface area contributed by atoms with Gasteiger partial charge >= 0.3 is 0 Å². The predicted molar refractivity (Wildman–Crippen MR) is 108 cm³/mol. The lowest BCUT2D eigenvalue weighted by atomic mass is 9.75. The van der Waals surface area contributed by atoms with Gasteiger partial charge in [-0.2, -0.15) is 0 Å². The predicted octanol–water partition coefficient (Wildman–Crippen LogP) is 5.36. The average Bonchev–Trinajstić information content (AvgIpc) is 2.84. The molecular formula is C23H24ClNO2. The molecule has 0 bridgehead atoms. The number of amides is 1. The quantitative estimate of drug-likeness (QED) is 0.657. The van der Waals surface area contributed by atoms with E-state index < -0.39 is 11.5 Å². The van der Waals surface area contributed by atoms with Crippen molar-refractivity contribution in [2.45, 2.75) is 57.4 Å². The second kappa shape index (κ2) is 6.79. The first-order chi connectivity index (χ1) is 13.0. The van der Waals surface area contributed by atoms with Crippen LogP contribution in [0.3, 0.4) is 0 Å². The molecule has 1 saturated carbocycles. The van der Waals surface area contributed by atoms with Crippen molar-refractivity contribution >= 4 is 29.0 Å². The minimum Gasteiger partial charge on any atom is -0.298 e. The number of rotatable bonds is 2. The van der Waals surface area contributed by atoms with Gasteiger partial charge in [-0.15, -0.1) is 0 Å². The third-order valence-corrected chi connectivity index (χ3v) is 6.38. The number of anilines is 1. The molecule has 1 heterocycles. The monoisotopic (exact) mass is 381 g/mol. The van der Waals surface area contributed by atoms with Crippen molar-refractivity contribution in [2.75, 3.05) is 4.90 Å². The van der Waals surface area contributed by atoms with Gasteiger partial charge in [-0.05, 0) is 67.6 Å². The Hall–Kier alpha value is -2.13. The molecule has 2 aliphatic rings. The molecule has 4 rings (SSSR count). The average molecular weight is 382 g/mol. The van der Waals surface area contributed by atoms with E-state index in [1.54, 1.807) is 0 Å². The van der Waals surface area contributed by atoms with Crippen LogP contribution in [0.25, 0.3) is 0 Å². The number of para-hydroxylation sites is 1. The van der Waals surface area contributed by atoms with Gasteiger partial charge in [0.15, 0.2) is 5.78 Å². The van der Waals surface area contributed by atoms with Gasteiger partial charge in [-0.3, -0.25) is 14.5 Å². The van der Waals surface area contributed by atoms with Crippen molar-refractivity contribution in [1.29, 1.82) is 0 Å². The normalized spacial score (nSPS) is 21.9. The van der Waals surface area contributed by atoms with E-state index in [0.717, 1.165) is 54.5 Å². The van der Waals surface area contributed by atoms with E-state index in [1.165, 1.54) is 0 Å². The van der Waals surface area contributed by atoms with E-state index in [9.17, 15) is 9.59 Å². The number of hydrogen-bond acceptors (Lipinski definition) is 2. The van der Waals surface area contributed by atoms with E-state index in [2.05, 4.69) is 0 Å². The van der Waals surface area contributed by atoms with Crippen molar-refractivity contribution in [2.24, 2.45) is 0 Å². The summed E-state index contributed by atoms with van der Waals surface area (Å²) in [5.74, 6) is -0.772. The molecule has 2 aromatic rings. The SMILES string of the molecule is Cc1cc(Cl)cc(C)c1C1C(=O)N(c2ccccc2)C2(CCCCC2)C1=O. The summed E-state index contributed by atoms with van der Waals surface area (Å²) < 4.78 is 0. The lowest BCUT2D eigenvalue weighted by Gasteiger charge is -2.39. The van der Waals surface area contributed by atoms with Crippen LogP contribution in [0.1, 0.15) is 54.7 Å². The molecule has 1 saturated heterocycles. The molecule has 0 aromatic heterocycles. The Bertz CT molecular complexity index is 877. The van der Waals surface area contributed by atoms with Gasteiger partial charge in [0.05, 0.1) is 0 Å². The van der Waals surface area contributed by atoms with Crippen LogP contribution >= 0.6 is 11.6 Å². The Labute approximate surface area is 165 Å². The Kier molecular flexibility index (Phi) is 4.59.